The van der Waals surface area contributed by atoms with E-state index >= 15 is 0 Å². The number of carbonyl (C=O) groups excluding carboxylic acids is 1. The van der Waals surface area contributed by atoms with Gasteiger partial charge in [0.1, 0.15) is 0 Å². The standard InChI is InChI=1S/C14H19N5O/c1-11-10-12(4-5-13(11)15-2)14(20)16-6-3-8-19-9-7-17-18-19/h4-5,7,9-10,15H,3,6,8H2,1-2H3,(H,16,20). The average molecular weight is 273 g/mol. The van der Waals surface area contributed by atoms with E-state index in [2.05, 4.69) is 20.9 Å². The van der Waals surface area contributed by atoms with E-state index in [0.717, 1.165) is 24.2 Å². The zero-order chi connectivity index (χ0) is 14.4. The van der Waals surface area contributed by atoms with Crippen LogP contribution in [0.3, 0.4) is 0 Å². The minimum Gasteiger partial charge on any atom is -0.388 e. The van der Waals surface area contributed by atoms with E-state index in [9.17, 15) is 4.79 Å². The van der Waals surface area contributed by atoms with Gasteiger partial charge in [-0.1, -0.05) is 5.21 Å². The lowest BCUT2D eigenvalue weighted by atomic mass is 10.1. The predicted molar refractivity (Wildman–Crippen MR) is 77.7 cm³/mol. The van der Waals surface area contributed by atoms with Gasteiger partial charge in [-0.05, 0) is 37.1 Å². The number of hydrogen-bond donors (Lipinski definition) is 2. The third-order valence-electron chi connectivity index (χ3n) is 3.08. The Bertz CT molecular complexity index is 565. The van der Waals surface area contributed by atoms with Crippen molar-refractivity contribution in [1.29, 1.82) is 0 Å². The Morgan fingerprint density at radius 1 is 1.40 bits per heavy atom. The van der Waals surface area contributed by atoms with Gasteiger partial charge in [0.2, 0.25) is 0 Å². The lowest BCUT2D eigenvalue weighted by Gasteiger charge is -2.09. The van der Waals surface area contributed by atoms with Gasteiger partial charge in [0.25, 0.3) is 5.91 Å². The molecule has 0 spiro atoms. The molecule has 6 heteroatoms. The molecular weight excluding hydrogens is 254 g/mol. The molecule has 0 aliphatic heterocycles. The molecule has 2 rings (SSSR count). The summed E-state index contributed by atoms with van der Waals surface area (Å²) in [6.45, 7) is 3.34. The number of nitrogens with zero attached hydrogens (tertiary/aromatic N) is 3. The van der Waals surface area contributed by atoms with Crippen LogP contribution in [0.1, 0.15) is 22.3 Å². The van der Waals surface area contributed by atoms with Crippen molar-refractivity contribution >= 4 is 11.6 Å². The van der Waals surface area contributed by atoms with E-state index in [1.54, 1.807) is 10.9 Å². The lowest BCUT2D eigenvalue weighted by Crippen LogP contribution is -2.25. The van der Waals surface area contributed by atoms with E-state index in [1.807, 2.05) is 38.4 Å². The summed E-state index contributed by atoms with van der Waals surface area (Å²) in [5, 5.41) is 13.6. The maximum atomic E-state index is 12.0. The molecule has 0 atom stereocenters. The first kappa shape index (κ1) is 14.0. The SMILES string of the molecule is CNc1ccc(C(=O)NCCCn2ccnn2)cc1C. The first-order valence-corrected chi connectivity index (χ1v) is 6.61. The Hall–Kier alpha value is -2.37. The van der Waals surface area contributed by atoms with Gasteiger partial charge in [0.15, 0.2) is 0 Å². The van der Waals surface area contributed by atoms with Crippen LogP contribution in [-0.4, -0.2) is 34.5 Å². The van der Waals surface area contributed by atoms with Crippen LogP contribution in [0.5, 0.6) is 0 Å². The normalized spacial score (nSPS) is 10.3. The predicted octanol–water partition coefficient (Wildman–Crippen LogP) is 1.45. The van der Waals surface area contributed by atoms with E-state index in [1.165, 1.54) is 0 Å². The summed E-state index contributed by atoms with van der Waals surface area (Å²) >= 11 is 0. The molecule has 1 aromatic carbocycles. The Balaban J connectivity index is 1.81. The highest BCUT2D eigenvalue weighted by Gasteiger charge is 2.06. The van der Waals surface area contributed by atoms with Gasteiger partial charge in [0, 0.05) is 37.6 Å². The Morgan fingerprint density at radius 3 is 2.90 bits per heavy atom. The summed E-state index contributed by atoms with van der Waals surface area (Å²) in [6.07, 6.45) is 4.27. The van der Waals surface area contributed by atoms with Gasteiger partial charge in [-0.2, -0.15) is 0 Å². The fourth-order valence-corrected chi connectivity index (χ4v) is 1.98. The lowest BCUT2D eigenvalue weighted by molar-refractivity contribution is 0.0952. The van der Waals surface area contributed by atoms with Crippen LogP contribution in [0.2, 0.25) is 0 Å². The molecule has 106 valence electrons. The number of rotatable bonds is 6. The third kappa shape index (κ3) is 3.57. The zero-order valence-corrected chi connectivity index (χ0v) is 11.8. The summed E-state index contributed by atoms with van der Waals surface area (Å²) in [5.74, 6) is -0.0469. The van der Waals surface area contributed by atoms with Gasteiger partial charge in [-0.3, -0.25) is 9.48 Å². The smallest absolute Gasteiger partial charge is 0.251 e. The minimum absolute atomic E-state index is 0.0469. The molecule has 0 unspecified atom stereocenters. The molecule has 0 bridgehead atoms. The molecule has 1 amide bonds. The number of nitrogens with one attached hydrogen (secondary N) is 2. The van der Waals surface area contributed by atoms with E-state index in [4.69, 9.17) is 0 Å². The first-order chi connectivity index (χ1) is 9.70. The molecule has 0 saturated carbocycles. The molecule has 1 aromatic heterocycles. The highest BCUT2D eigenvalue weighted by molar-refractivity contribution is 5.94. The number of benzene rings is 1. The Morgan fingerprint density at radius 2 is 2.25 bits per heavy atom. The van der Waals surface area contributed by atoms with Gasteiger partial charge < -0.3 is 10.6 Å². The van der Waals surface area contributed by atoms with Crippen molar-refractivity contribution in [2.75, 3.05) is 18.9 Å². The third-order valence-corrected chi connectivity index (χ3v) is 3.08. The van der Waals surface area contributed by atoms with Crippen LogP contribution < -0.4 is 10.6 Å². The summed E-state index contributed by atoms with van der Waals surface area (Å²) < 4.78 is 1.75. The fourth-order valence-electron chi connectivity index (χ4n) is 1.98. The molecule has 0 saturated heterocycles. The van der Waals surface area contributed by atoms with Crippen LogP contribution in [-0.2, 0) is 6.54 Å². The maximum Gasteiger partial charge on any atom is 0.251 e. The molecule has 0 aliphatic carbocycles. The molecule has 1 heterocycles. The van der Waals surface area contributed by atoms with Crippen LogP contribution >= 0.6 is 0 Å². The number of hydrogen-bond acceptors (Lipinski definition) is 4. The largest absolute Gasteiger partial charge is 0.388 e. The first-order valence-electron chi connectivity index (χ1n) is 6.61. The second-order valence-electron chi connectivity index (χ2n) is 4.56. The summed E-state index contributed by atoms with van der Waals surface area (Å²) in [5.41, 5.74) is 2.78. The quantitative estimate of drug-likeness (QED) is 0.781. The second-order valence-corrected chi connectivity index (χ2v) is 4.56. The summed E-state index contributed by atoms with van der Waals surface area (Å²) in [4.78, 5) is 12.0. The van der Waals surface area contributed by atoms with Crippen molar-refractivity contribution in [2.45, 2.75) is 19.9 Å². The van der Waals surface area contributed by atoms with Crippen LogP contribution in [0.15, 0.2) is 30.6 Å². The van der Waals surface area contributed by atoms with Crippen LogP contribution in [0.25, 0.3) is 0 Å². The van der Waals surface area contributed by atoms with Crippen molar-refractivity contribution in [1.82, 2.24) is 20.3 Å². The van der Waals surface area contributed by atoms with Crippen LogP contribution in [0, 0.1) is 6.92 Å². The molecule has 0 radical (unpaired) electrons. The maximum absolute atomic E-state index is 12.0. The molecule has 2 aromatic rings. The Kier molecular flexibility index (Phi) is 4.70. The fraction of sp³-hybridized carbons (Fsp3) is 0.357. The van der Waals surface area contributed by atoms with Gasteiger partial charge in [-0.15, -0.1) is 5.10 Å². The molecule has 0 fully saturated rings. The average Bonchev–Trinajstić information content (AvgIpc) is 2.96. The van der Waals surface area contributed by atoms with Crippen molar-refractivity contribution in [2.24, 2.45) is 0 Å². The van der Waals surface area contributed by atoms with Crippen molar-refractivity contribution < 1.29 is 4.79 Å². The second kappa shape index (κ2) is 6.70. The molecule has 2 N–H and O–H groups in total. The van der Waals surface area contributed by atoms with Crippen molar-refractivity contribution in [3.05, 3.63) is 41.7 Å². The topological polar surface area (TPSA) is 71.8 Å². The van der Waals surface area contributed by atoms with Gasteiger partial charge >= 0.3 is 0 Å². The number of carbonyl (C=O) groups is 1. The van der Waals surface area contributed by atoms with Gasteiger partial charge in [0.05, 0.1) is 6.20 Å². The van der Waals surface area contributed by atoms with E-state index in [-0.39, 0.29) is 5.91 Å². The number of anilines is 1. The zero-order valence-electron chi connectivity index (χ0n) is 11.8. The van der Waals surface area contributed by atoms with Crippen molar-refractivity contribution in [3.63, 3.8) is 0 Å². The van der Waals surface area contributed by atoms with Crippen molar-refractivity contribution in [3.8, 4) is 0 Å². The van der Waals surface area contributed by atoms with Crippen LogP contribution in [0.4, 0.5) is 5.69 Å². The number of amides is 1. The molecule has 20 heavy (non-hydrogen) atoms. The Labute approximate surface area is 118 Å². The summed E-state index contributed by atoms with van der Waals surface area (Å²) in [7, 11) is 1.87. The molecular formula is C14H19N5O. The number of aryl methyl sites for hydroxylation is 2. The van der Waals surface area contributed by atoms with E-state index in [0.29, 0.717) is 12.1 Å². The van der Waals surface area contributed by atoms with Gasteiger partial charge in [-0.25, -0.2) is 0 Å². The molecule has 6 nitrogen and oxygen atoms in total. The highest BCUT2D eigenvalue weighted by Crippen LogP contribution is 2.15. The number of aromatic nitrogens is 3. The minimum atomic E-state index is -0.0469. The molecule has 0 aliphatic rings. The monoisotopic (exact) mass is 273 g/mol. The summed E-state index contributed by atoms with van der Waals surface area (Å²) in [6, 6.07) is 5.63. The highest BCUT2D eigenvalue weighted by atomic mass is 16.1. The van der Waals surface area contributed by atoms with E-state index < -0.39 is 0 Å².